The van der Waals surface area contributed by atoms with Crippen molar-refractivity contribution in [2.75, 3.05) is 13.1 Å². The molecule has 0 N–H and O–H groups in total. The number of nitriles is 1. The van der Waals surface area contributed by atoms with Crippen LogP contribution in [0, 0.1) is 35.8 Å². The first-order valence-corrected chi connectivity index (χ1v) is 12.2. The minimum absolute atomic E-state index is 0.124. The van der Waals surface area contributed by atoms with Crippen LogP contribution in [-0.4, -0.2) is 25.8 Å². The van der Waals surface area contributed by atoms with E-state index >= 15 is 0 Å². The average molecular weight is 467 g/mol. The molecule has 0 amide bonds. The van der Waals surface area contributed by atoms with Crippen molar-refractivity contribution in [3.63, 3.8) is 0 Å². The second-order valence-corrected chi connectivity index (χ2v) is 10.4. The minimum Gasteiger partial charge on any atom is -0.207 e. The Kier molecular flexibility index (Phi) is 6.33. The Labute approximate surface area is 193 Å². The molecule has 170 valence electrons. The van der Waals surface area contributed by atoms with Crippen molar-refractivity contribution in [1.82, 2.24) is 4.31 Å². The zero-order chi connectivity index (χ0) is 23.6. The maximum Gasteiger partial charge on any atom is 0.243 e. The van der Waals surface area contributed by atoms with Gasteiger partial charge in [-0.1, -0.05) is 42.0 Å². The quantitative estimate of drug-likeness (QED) is 0.520. The van der Waals surface area contributed by atoms with Crippen molar-refractivity contribution < 1.29 is 17.2 Å². The standard InChI is InChI=1S/C26H24F2N2O2S/c1-19-4-14-25(15-5-19)33(31,32)30-16-2-3-22(17-30)26(18-29,20-6-10-23(27)11-7-20)21-8-12-24(28)13-9-21/h4-15,22H,2-3,16-17H2,1H3. The van der Waals surface area contributed by atoms with E-state index in [2.05, 4.69) is 6.07 Å². The highest BCUT2D eigenvalue weighted by Gasteiger charge is 2.46. The molecule has 1 heterocycles. The molecule has 1 atom stereocenters. The van der Waals surface area contributed by atoms with Gasteiger partial charge >= 0.3 is 0 Å². The summed E-state index contributed by atoms with van der Waals surface area (Å²) in [5, 5.41) is 10.5. The second-order valence-electron chi connectivity index (χ2n) is 8.45. The lowest BCUT2D eigenvalue weighted by Gasteiger charge is -2.41. The van der Waals surface area contributed by atoms with Crippen LogP contribution in [0.5, 0.6) is 0 Å². The highest BCUT2D eigenvalue weighted by molar-refractivity contribution is 7.89. The van der Waals surface area contributed by atoms with Gasteiger partial charge in [-0.25, -0.2) is 17.2 Å². The fourth-order valence-electron chi connectivity index (χ4n) is 4.66. The fraction of sp³-hybridized carbons (Fsp3) is 0.269. The summed E-state index contributed by atoms with van der Waals surface area (Å²) in [5.41, 5.74) is 0.805. The zero-order valence-electron chi connectivity index (χ0n) is 18.2. The van der Waals surface area contributed by atoms with E-state index in [4.69, 9.17) is 0 Å². The van der Waals surface area contributed by atoms with Crippen molar-refractivity contribution in [2.45, 2.75) is 30.1 Å². The number of hydrogen-bond donors (Lipinski definition) is 0. The highest BCUT2D eigenvalue weighted by atomic mass is 32.2. The van der Waals surface area contributed by atoms with Gasteiger partial charge in [-0.3, -0.25) is 0 Å². The second kappa shape index (κ2) is 9.05. The van der Waals surface area contributed by atoms with Crippen molar-refractivity contribution in [3.05, 3.63) is 101 Å². The van der Waals surface area contributed by atoms with Gasteiger partial charge in [-0.2, -0.15) is 9.57 Å². The summed E-state index contributed by atoms with van der Waals surface area (Å²) in [5.74, 6) is -1.28. The molecule has 3 aromatic carbocycles. The third-order valence-corrected chi connectivity index (χ3v) is 8.31. The number of benzene rings is 3. The van der Waals surface area contributed by atoms with Gasteiger partial charge in [0.15, 0.2) is 0 Å². The SMILES string of the molecule is Cc1ccc(S(=O)(=O)N2CCCC(C(C#N)(c3ccc(F)cc3)c3ccc(F)cc3)C2)cc1. The Morgan fingerprint density at radius 3 is 1.91 bits per heavy atom. The Bertz CT molecular complexity index is 1220. The van der Waals surface area contributed by atoms with Gasteiger partial charge in [0.2, 0.25) is 10.0 Å². The van der Waals surface area contributed by atoms with Crippen LogP contribution in [0.3, 0.4) is 0 Å². The topological polar surface area (TPSA) is 61.2 Å². The maximum absolute atomic E-state index is 13.7. The summed E-state index contributed by atoms with van der Waals surface area (Å²) in [6.07, 6.45) is 1.17. The molecule has 1 fully saturated rings. The lowest BCUT2D eigenvalue weighted by atomic mass is 9.64. The van der Waals surface area contributed by atoms with E-state index in [0.29, 0.717) is 30.5 Å². The van der Waals surface area contributed by atoms with E-state index in [1.807, 2.05) is 6.92 Å². The molecular formula is C26H24F2N2O2S. The Morgan fingerprint density at radius 2 is 1.42 bits per heavy atom. The summed E-state index contributed by atoms with van der Waals surface area (Å²) in [6.45, 7) is 2.36. The fourth-order valence-corrected chi connectivity index (χ4v) is 6.18. The lowest BCUT2D eigenvalue weighted by molar-refractivity contribution is 0.221. The summed E-state index contributed by atoms with van der Waals surface area (Å²) in [7, 11) is -3.75. The van der Waals surface area contributed by atoms with Crippen LogP contribution >= 0.6 is 0 Å². The first kappa shape index (κ1) is 23.1. The third kappa shape index (κ3) is 4.29. The molecule has 0 bridgehead atoms. The Morgan fingerprint density at radius 1 is 0.909 bits per heavy atom. The number of rotatable bonds is 5. The van der Waals surface area contributed by atoms with E-state index < -0.39 is 33.0 Å². The van der Waals surface area contributed by atoms with Gasteiger partial charge < -0.3 is 0 Å². The first-order chi connectivity index (χ1) is 15.8. The lowest BCUT2D eigenvalue weighted by Crippen LogP contribution is -2.48. The number of sulfonamides is 1. The minimum atomic E-state index is -3.75. The predicted molar refractivity (Wildman–Crippen MR) is 122 cm³/mol. The first-order valence-electron chi connectivity index (χ1n) is 10.8. The molecule has 0 aromatic heterocycles. The molecule has 0 saturated carbocycles. The molecule has 33 heavy (non-hydrogen) atoms. The smallest absolute Gasteiger partial charge is 0.207 e. The number of nitrogens with zero attached hydrogens (tertiary/aromatic N) is 2. The molecule has 4 nitrogen and oxygen atoms in total. The summed E-state index contributed by atoms with van der Waals surface area (Å²) < 4.78 is 55.5. The van der Waals surface area contributed by atoms with Crippen molar-refractivity contribution in [2.24, 2.45) is 5.92 Å². The van der Waals surface area contributed by atoms with Crippen molar-refractivity contribution in [3.8, 4) is 6.07 Å². The molecule has 0 aliphatic carbocycles. The number of piperidine rings is 1. The van der Waals surface area contributed by atoms with Gasteiger partial charge in [-0.05, 0) is 73.2 Å². The van der Waals surface area contributed by atoms with Crippen LogP contribution in [0.2, 0.25) is 0 Å². The molecule has 1 aliphatic rings. The summed E-state index contributed by atoms with van der Waals surface area (Å²) >= 11 is 0. The van der Waals surface area contributed by atoms with E-state index in [0.717, 1.165) is 5.56 Å². The summed E-state index contributed by atoms with van der Waals surface area (Å²) in [4.78, 5) is 0.208. The molecule has 3 aromatic rings. The van der Waals surface area contributed by atoms with Crippen LogP contribution < -0.4 is 0 Å². The number of hydrogen-bond acceptors (Lipinski definition) is 3. The molecule has 7 heteroatoms. The molecule has 1 unspecified atom stereocenters. The van der Waals surface area contributed by atoms with E-state index in [-0.39, 0.29) is 11.4 Å². The monoisotopic (exact) mass is 466 g/mol. The molecule has 0 spiro atoms. The normalized spacial score (nSPS) is 17.5. The number of halogens is 2. The van der Waals surface area contributed by atoms with Crippen molar-refractivity contribution >= 4 is 10.0 Å². The van der Waals surface area contributed by atoms with Crippen LogP contribution in [0.15, 0.2) is 77.7 Å². The van der Waals surface area contributed by atoms with Gasteiger partial charge in [-0.15, -0.1) is 0 Å². The maximum atomic E-state index is 13.7. The highest BCUT2D eigenvalue weighted by Crippen LogP contribution is 2.44. The van der Waals surface area contributed by atoms with Gasteiger partial charge in [0.25, 0.3) is 0 Å². The van der Waals surface area contributed by atoms with Crippen molar-refractivity contribution in [1.29, 1.82) is 5.26 Å². The van der Waals surface area contributed by atoms with Crippen LogP contribution in [0.25, 0.3) is 0 Å². The number of aryl methyl sites for hydroxylation is 1. The van der Waals surface area contributed by atoms with Gasteiger partial charge in [0, 0.05) is 13.1 Å². The molecule has 4 rings (SSSR count). The Hall–Kier alpha value is -3.08. The molecular weight excluding hydrogens is 442 g/mol. The largest absolute Gasteiger partial charge is 0.243 e. The van der Waals surface area contributed by atoms with Crippen LogP contribution in [-0.2, 0) is 15.4 Å². The van der Waals surface area contributed by atoms with E-state index in [1.165, 1.54) is 28.6 Å². The average Bonchev–Trinajstić information content (AvgIpc) is 2.82. The zero-order valence-corrected chi connectivity index (χ0v) is 19.0. The van der Waals surface area contributed by atoms with E-state index in [1.54, 1.807) is 48.5 Å². The molecule has 0 radical (unpaired) electrons. The van der Waals surface area contributed by atoms with E-state index in [9.17, 15) is 22.5 Å². The van der Waals surface area contributed by atoms with Crippen LogP contribution in [0.1, 0.15) is 29.5 Å². The van der Waals surface area contributed by atoms with Gasteiger partial charge in [0.1, 0.15) is 17.0 Å². The Balaban J connectivity index is 1.79. The molecule has 1 saturated heterocycles. The third-order valence-electron chi connectivity index (χ3n) is 6.43. The van der Waals surface area contributed by atoms with Crippen LogP contribution in [0.4, 0.5) is 8.78 Å². The molecule has 1 aliphatic heterocycles. The predicted octanol–water partition coefficient (Wildman–Crippen LogP) is 5.18. The van der Waals surface area contributed by atoms with Gasteiger partial charge in [0.05, 0.1) is 11.0 Å². The summed E-state index contributed by atoms with van der Waals surface area (Å²) in [6, 6.07) is 20.4.